The van der Waals surface area contributed by atoms with Crippen LogP contribution in [0.15, 0.2) is 30.5 Å². The van der Waals surface area contributed by atoms with Crippen molar-refractivity contribution < 1.29 is 9.84 Å². The van der Waals surface area contributed by atoms with Crippen LogP contribution in [0.5, 0.6) is 11.5 Å². The van der Waals surface area contributed by atoms with E-state index in [1.807, 2.05) is 0 Å². The first-order valence-electron chi connectivity index (χ1n) is 7.62. The first-order chi connectivity index (χ1) is 11.1. The predicted octanol–water partition coefficient (Wildman–Crippen LogP) is 3.22. The van der Waals surface area contributed by atoms with E-state index in [4.69, 9.17) is 22.1 Å². The van der Waals surface area contributed by atoms with Crippen molar-refractivity contribution in [1.82, 2.24) is 9.97 Å². The number of aromatic nitrogens is 2. The lowest BCUT2D eigenvalue weighted by Crippen LogP contribution is -2.36. The molecule has 1 heterocycles. The Morgan fingerprint density at radius 1 is 1.22 bits per heavy atom. The third-order valence-electron chi connectivity index (χ3n) is 3.87. The molecule has 1 aromatic heterocycles. The van der Waals surface area contributed by atoms with Crippen LogP contribution in [0.1, 0.15) is 25.7 Å². The average molecular weight is 335 g/mol. The number of anilines is 2. The lowest BCUT2D eigenvalue weighted by Gasteiger charge is -2.29. The number of hydrogen-bond donors (Lipinski definition) is 3. The summed E-state index contributed by atoms with van der Waals surface area (Å²) in [6.07, 6.45) is 4.90. The molecule has 122 valence electrons. The minimum atomic E-state index is -0.400. The Morgan fingerprint density at radius 2 is 1.96 bits per heavy atom. The highest BCUT2D eigenvalue weighted by atomic mass is 35.5. The molecule has 2 aromatic rings. The van der Waals surface area contributed by atoms with Gasteiger partial charge in [0.25, 0.3) is 0 Å². The molecule has 0 bridgehead atoms. The monoisotopic (exact) mass is 334 g/mol. The molecule has 0 spiro atoms. The molecule has 1 aromatic carbocycles. The summed E-state index contributed by atoms with van der Waals surface area (Å²) in [4.78, 5) is 8.19. The summed E-state index contributed by atoms with van der Waals surface area (Å²) in [6, 6.07) is 6.95. The van der Waals surface area contributed by atoms with Gasteiger partial charge in [-0.1, -0.05) is 24.4 Å². The number of aliphatic hydroxyl groups excluding tert-OH is 1. The number of halogens is 1. The van der Waals surface area contributed by atoms with Crippen LogP contribution in [-0.2, 0) is 0 Å². The Balaban J connectivity index is 1.81. The van der Waals surface area contributed by atoms with Crippen LogP contribution in [0.25, 0.3) is 0 Å². The van der Waals surface area contributed by atoms with Crippen LogP contribution < -0.4 is 15.8 Å². The maximum absolute atomic E-state index is 10.1. The van der Waals surface area contributed by atoms with Crippen molar-refractivity contribution in [2.75, 3.05) is 11.1 Å². The van der Waals surface area contributed by atoms with Gasteiger partial charge in [-0.3, -0.25) is 0 Å². The van der Waals surface area contributed by atoms with Crippen molar-refractivity contribution in [3.05, 3.63) is 35.5 Å². The number of rotatable bonds is 4. The molecule has 3 rings (SSSR count). The van der Waals surface area contributed by atoms with Gasteiger partial charge in [-0.05, 0) is 37.1 Å². The first-order valence-corrected chi connectivity index (χ1v) is 8.00. The van der Waals surface area contributed by atoms with Crippen LogP contribution in [0.4, 0.5) is 11.8 Å². The van der Waals surface area contributed by atoms with Crippen LogP contribution in [0.3, 0.4) is 0 Å². The van der Waals surface area contributed by atoms with E-state index in [1.54, 1.807) is 24.3 Å². The van der Waals surface area contributed by atoms with Crippen molar-refractivity contribution >= 4 is 23.4 Å². The van der Waals surface area contributed by atoms with Gasteiger partial charge in [0.15, 0.2) is 11.6 Å². The van der Waals surface area contributed by atoms with Crippen LogP contribution in [0.2, 0.25) is 5.02 Å². The number of hydrogen-bond acceptors (Lipinski definition) is 6. The van der Waals surface area contributed by atoms with Crippen LogP contribution in [-0.4, -0.2) is 27.2 Å². The zero-order valence-corrected chi connectivity index (χ0v) is 13.3. The minimum Gasteiger partial charge on any atom is -0.452 e. The summed E-state index contributed by atoms with van der Waals surface area (Å²) in [5, 5.41) is 14.0. The second-order valence-corrected chi connectivity index (χ2v) is 6.04. The van der Waals surface area contributed by atoms with Crippen LogP contribution >= 0.6 is 11.6 Å². The van der Waals surface area contributed by atoms with Crippen molar-refractivity contribution in [2.24, 2.45) is 0 Å². The molecule has 4 N–H and O–H groups in total. The predicted molar refractivity (Wildman–Crippen MR) is 89.9 cm³/mol. The van der Waals surface area contributed by atoms with E-state index in [1.165, 1.54) is 6.20 Å². The number of benzene rings is 1. The highest BCUT2D eigenvalue weighted by molar-refractivity contribution is 6.30. The Morgan fingerprint density at radius 3 is 2.70 bits per heavy atom. The summed E-state index contributed by atoms with van der Waals surface area (Å²) >= 11 is 5.87. The number of aliphatic hydroxyl groups is 1. The maximum Gasteiger partial charge on any atom is 0.222 e. The van der Waals surface area contributed by atoms with E-state index in [0.29, 0.717) is 22.3 Å². The summed E-state index contributed by atoms with van der Waals surface area (Å²) < 4.78 is 5.81. The van der Waals surface area contributed by atoms with E-state index in [9.17, 15) is 5.11 Å². The summed E-state index contributed by atoms with van der Waals surface area (Å²) in [5.41, 5.74) is 5.68. The van der Waals surface area contributed by atoms with E-state index < -0.39 is 6.10 Å². The molecular weight excluding hydrogens is 316 g/mol. The highest BCUT2D eigenvalue weighted by Crippen LogP contribution is 2.31. The zero-order valence-electron chi connectivity index (χ0n) is 12.6. The van der Waals surface area contributed by atoms with Gasteiger partial charge in [-0.15, -0.1) is 0 Å². The Labute approximate surface area is 139 Å². The second kappa shape index (κ2) is 7.02. The van der Waals surface area contributed by atoms with Gasteiger partial charge in [-0.25, -0.2) is 4.98 Å². The van der Waals surface area contributed by atoms with Gasteiger partial charge < -0.3 is 20.9 Å². The molecule has 23 heavy (non-hydrogen) atoms. The van der Waals surface area contributed by atoms with E-state index in [0.717, 1.165) is 25.7 Å². The van der Waals surface area contributed by atoms with Crippen molar-refractivity contribution in [3.8, 4) is 11.5 Å². The molecule has 1 fully saturated rings. The lowest BCUT2D eigenvalue weighted by atomic mass is 9.92. The van der Waals surface area contributed by atoms with Crippen molar-refractivity contribution in [1.29, 1.82) is 0 Å². The fraction of sp³-hybridized carbons (Fsp3) is 0.375. The molecule has 6 nitrogen and oxygen atoms in total. The molecule has 2 atom stereocenters. The third-order valence-corrected chi connectivity index (χ3v) is 4.12. The minimum absolute atomic E-state index is 0.0642. The standard InChI is InChI=1S/C16H19ClN4O2/c17-10-5-7-11(8-6-10)23-14-9-19-16(18)21-15(14)20-12-3-1-2-4-13(12)22/h5-9,12-13,22H,1-4H2,(H3,18,19,20,21). The summed E-state index contributed by atoms with van der Waals surface area (Å²) in [6.45, 7) is 0. The molecule has 7 heteroatoms. The molecule has 0 saturated heterocycles. The molecular formula is C16H19ClN4O2. The normalized spacial score (nSPS) is 21.0. The fourth-order valence-corrected chi connectivity index (χ4v) is 2.77. The average Bonchev–Trinajstić information content (AvgIpc) is 2.54. The smallest absolute Gasteiger partial charge is 0.222 e. The number of nitrogens with two attached hydrogens (primary N) is 1. The molecule has 1 saturated carbocycles. The SMILES string of the molecule is Nc1ncc(Oc2ccc(Cl)cc2)c(NC2CCCCC2O)n1. The maximum atomic E-state index is 10.1. The van der Waals surface area contributed by atoms with E-state index in [2.05, 4.69) is 15.3 Å². The molecule has 1 aliphatic rings. The zero-order chi connectivity index (χ0) is 16.2. The first kappa shape index (κ1) is 15.8. The van der Waals surface area contributed by atoms with E-state index >= 15 is 0 Å². The molecule has 2 unspecified atom stereocenters. The quantitative estimate of drug-likeness (QED) is 0.795. The number of nitrogens with one attached hydrogen (secondary N) is 1. The summed E-state index contributed by atoms with van der Waals surface area (Å²) in [5.74, 6) is 1.72. The Kier molecular flexibility index (Phi) is 4.83. The third kappa shape index (κ3) is 4.03. The molecule has 0 radical (unpaired) electrons. The van der Waals surface area contributed by atoms with Crippen LogP contribution in [0, 0.1) is 0 Å². The number of nitrogen functional groups attached to an aromatic ring is 1. The van der Waals surface area contributed by atoms with Gasteiger partial charge in [0.2, 0.25) is 5.95 Å². The van der Waals surface area contributed by atoms with Gasteiger partial charge in [0, 0.05) is 5.02 Å². The molecule has 0 amide bonds. The number of nitrogens with zero attached hydrogens (tertiary/aromatic N) is 2. The topological polar surface area (TPSA) is 93.3 Å². The highest BCUT2D eigenvalue weighted by Gasteiger charge is 2.24. The van der Waals surface area contributed by atoms with Gasteiger partial charge in [0.05, 0.1) is 18.3 Å². The van der Waals surface area contributed by atoms with Crippen molar-refractivity contribution in [2.45, 2.75) is 37.8 Å². The van der Waals surface area contributed by atoms with Gasteiger partial charge >= 0.3 is 0 Å². The van der Waals surface area contributed by atoms with Gasteiger partial charge in [-0.2, -0.15) is 4.98 Å². The molecule has 0 aliphatic heterocycles. The van der Waals surface area contributed by atoms with E-state index in [-0.39, 0.29) is 12.0 Å². The van der Waals surface area contributed by atoms with Crippen molar-refractivity contribution in [3.63, 3.8) is 0 Å². The Hall–Kier alpha value is -2.05. The second-order valence-electron chi connectivity index (χ2n) is 5.60. The summed E-state index contributed by atoms with van der Waals surface area (Å²) in [7, 11) is 0. The number of ether oxygens (including phenoxy) is 1. The molecule has 1 aliphatic carbocycles. The fourth-order valence-electron chi connectivity index (χ4n) is 2.65. The Bertz CT molecular complexity index is 666. The largest absolute Gasteiger partial charge is 0.452 e. The van der Waals surface area contributed by atoms with Gasteiger partial charge in [0.1, 0.15) is 5.75 Å². The lowest BCUT2D eigenvalue weighted by molar-refractivity contribution is 0.116.